The predicted octanol–water partition coefficient (Wildman–Crippen LogP) is 3.21. The molecule has 1 aromatic carbocycles. The molecule has 3 heterocycles. The van der Waals surface area contributed by atoms with Gasteiger partial charge < -0.3 is 19.5 Å². The van der Waals surface area contributed by atoms with E-state index in [2.05, 4.69) is 15.6 Å². The molecule has 0 bridgehead atoms. The van der Waals surface area contributed by atoms with Crippen molar-refractivity contribution < 1.29 is 18.0 Å². The smallest absolute Gasteiger partial charge is 0.263 e. The number of benzene rings is 1. The molecule has 0 atom stereocenters. The summed E-state index contributed by atoms with van der Waals surface area (Å²) in [5, 5.41) is 5.84. The molecule has 2 N–H and O–H groups in total. The predicted molar refractivity (Wildman–Crippen MR) is 93.1 cm³/mol. The summed E-state index contributed by atoms with van der Waals surface area (Å²) < 4.78 is 25.4. The number of carbonyl (C=O) groups excluding carboxylic acids is 1. The molecule has 4 rings (SSSR count). The Hall–Kier alpha value is -2.93. The van der Waals surface area contributed by atoms with Crippen LogP contribution in [0.2, 0.25) is 0 Å². The fourth-order valence-corrected chi connectivity index (χ4v) is 3.07. The number of rotatable bonds is 4. The lowest BCUT2D eigenvalue weighted by atomic mass is 9.99. The SMILES string of the molecule is Cc1oc(-c2ccco2)nc1CC(=O)Nc1ccc2c(c1F)CCNC2. The van der Waals surface area contributed by atoms with Gasteiger partial charge in [0.05, 0.1) is 24.1 Å². The van der Waals surface area contributed by atoms with Gasteiger partial charge in [0.2, 0.25) is 5.91 Å². The van der Waals surface area contributed by atoms with Crippen molar-refractivity contribution in [2.45, 2.75) is 26.3 Å². The van der Waals surface area contributed by atoms with E-state index < -0.39 is 0 Å². The Morgan fingerprint density at radius 2 is 2.27 bits per heavy atom. The highest BCUT2D eigenvalue weighted by molar-refractivity contribution is 5.92. The molecule has 134 valence electrons. The Morgan fingerprint density at radius 3 is 3.08 bits per heavy atom. The highest BCUT2D eigenvalue weighted by atomic mass is 19.1. The molecule has 1 amide bonds. The lowest BCUT2D eigenvalue weighted by Crippen LogP contribution is -2.25. The molecular weight excluding hydrogens is 337 g/mol. The Bertz CT molecular complexity index is 947. The molecule has 1 aliphatic heterocycles. The van der Waals surface area contributed by atoms with E-state index in [0.717, 1.165) is 12.1 Å². The van der Waals surface area contributed by atoms with E-state index in [1.807, 2.05) is 6.07 Å². The number of nitrogens with zero attached hydrogens (tertiary/aromatic N) is 1. The van der Waals surface area contributed by atoms with Crippen LogP contribution >= 0.6 is 0 Å². The molecule has 0 aliphatic carbocycles. The van der Waals surface area contributed by atoms with Gasteiger partial charge in [0.15, 0.2) is 5.76 Å². The Morgan fingerprint density at radius 1 is 1.38 bits per heavy atom. The fraction of sp³-hybridized carbons (Fsp3) is 0.263. The van der Waals surface area contributed by atoms with E-state index in [-0.39, 0.29) is 23.8 Å². The van der Waals surface area contributed by atoms with Gasteiger partial charge in [-0.3, -0.25) is 4.79 Å². The fourth-order valence-electron chi connectivity index (χ4n) is 3.07. The number of hydrogen-bond donors (Lipinski definition) is 2. The summed E-state index contributed by atoms with van der Waals surface area (Å²) in [5.41, 5.74) is 2.29. The number of aromatic nitrogens is 1. The molecule has 1 aliphatic rings. The molecular formula is C19H18FN3O3. The van der Waals surface area contributed by atoms with Crippen LogP contribution in [0.15, 0.2) is 39.4 Å². The van der Waals surface area contributed by atoms with Crippen molar-refractivity contribution in [3.8, 4) is 11.7 Å². The number of hydrogen-bond acceptors (Lipinski definition) is 5. The summed E-state index contributed by atoms with van der Waals surface area (Å²) in [7, 11) is 0. The van der Waals surface area contributed by atoms with Crippen LogP contribution < -0.4 is 10.6 Å². The number of anilines is 1. The quantitative estimate of drug-likeness (QED) is 0.751. The maximum Gasteiger partial charge on any atom is 0.263 e. The third kappa shape index (κ3) is 3.13. The first-order valence-corrected chi connectivity index (χ1v) is 8.43. The third-order valence-corrected chi connectivity index (χ3v) is 4.43. The molecule has 2 aromatic heterocycles. The van der Waals surface area contributed by atoms with Crippen molar-refractivity contribution in [3.05, 3.63) is 58.9 Å². The van der Waals surface area contributed by atoms with Gasteiger partial charge >= 0.3 is 0 Å². The van der Waals surface area contributed by atoms with Gasteiger partial charge in [-0.2, -0.15) is 0 Å². The maximum atomic E-state index is 14.6. The van der Waals surface area contributed by atoms with Crippen molar-refractivity contribution >= 4 is 11.6 Å². The van der Waals surface area contributed by atoms with E-state index in [0.29, 0.717) is 41.6 Å². The zero-order valence-corrected chi connectivity index (χ0v) is 14.3. The average molecular weight is 355 g/mol. The molecule has 3 aromatic rings. The van der Waals surface area contributed by atoms with E-state index >= 15 is 0 Å². The van der Waals surface area contributed by atoms with Gasteiger partial charge in [0, 0.05) is 6.54 Å². The summed E-state index contributed by atoms with van der Waals surface area (Å²) in [5.74, 6) is 0.645. The summed E-state index contributed by atoms with van der Waals surface area (Å²) >= 11 is 0. The molecule has 0 fully saturated rings. The summed E-state index contributed by atoms with van der Waals surface area (Å²) in [6.07, 6.45) is 2.13. The normalized spacial score (nSPS) is 13.5. The van der Waals surface area contributed by atoms with Gasteiger partial charge in [-0.05, 0) is 49.2 Å². The number of fused-ring (bicyclic) bond motifs is 1. The Balaban J connectivity index is 1.50. The topological polar surface area (TPSA) is 80.3 Å². The van der Waals surface area contributed by atoms with Crippen LogP contribution in [-0.4, -0.2) is 17.4 Å². The van der Waals surface area contributed by atoms with Crippen molar-refractivity contribution in [3.63, 3.8) is 0 Å². The molecule has 6 nitrogen and oxygen atoms in total. The van der Waals surface area contributed by atoms with Crippen molar-refractivity contribution in [1.29, 1.82) is 0 Å². The molecule has 0 saturated carbocycles. The number of carbonyl (C=O) groups is 1. The molecule has 26 heavy (non-hydrogen) atoms. The van der Waals surface area contributed by atoms with Crippen LogP contribution in [0.25, 0.3) is 11.7 Å². The summed E-state index contributed by atoms with van der Waals surface area (Å²) in [4.78, 5) is 16.7. The summed E-state index contributed by atoms with van der Waals surface area (Å²) in [6.45, 7) is 3.11. The third-order valence-electron chi connectivity index (χ3n) is 4.43. The van der Waals surface area contributed by atoms with Crippen molar-refractivity contribution in [2.75, 3.05) is 11.9 Å². The maximum absolute atomic E-state index is 14.6. The monoisotopic (exact) mass is 355 g/mol. The van der Waals surface area contributed by atoms with Gasteiger partial charge in [-0.1, -0.05) is 6.07 Å². The van der Waals surface area contributed by atoms with Crippen molar-refractivity contribution in [2.24, 2.45) is 0 Å². The van der Waals surface area contributed by atoms with Crippen LogP contribution in [0.3, 0.4) is 0 Å². The number of nitrogens with one attached hydrogen (secondary N) is 2. The minimum atomic E-state index is -0.356. The molecule has 0 saturated heterocycles. The van der Waals surface area contributed by atoms with Crippen LogP contribution in [0, 0.1) is 12.7 Å². The second-order valence-electron chi connectivity index (χ2n) is 6.22. The zero-order valence-electron chi connectivity index (χ0n) is 14.3. The number of oxazole rings is 1. The van der Waals surface area contributed by atoms with Crippen LogP contribution in [-0.2, 0) is 24.2 Å². The second kappa shape index (κ2) is 6.76. The number of amides is 1. The first kappa shape index (κ1) is 16.5. The number of furan rings is 1. The molecule has 0 spiro atoms. The van der Waals surface area contributed by atoms with Crippen LogP contribution in [0.1, 0.15) is 22.6 Å². The van der Waals surface area contributed by atoms with Crippen LogP contribution in [0.5, 0.6) is 0 Å². The van der Waals surface area contributed by atoms with E-state index in [4.69, 9.17) is 8.83 Å². The average Bonchev–Trinajstić information content (AvgIpc) is 3.28. The minimum absolute atomic E-state index is 0.00583. The lowest BCUT2D eigenvalue weighted by Gasteiger charge is -2.19. The number of aryl methyl sites for hydroxylation is 1. The van der Waals surface area contributed by atoms with Gasteiger partial charge in [-0.15, -0.1) is 0 Å². The highest BCUT2D eigenvalue weighted by Crippen LogP contribution is 2.25. The van der Waals surface area contributed by atoms with Crippen molar-refractivity contribution in [1.82, 2.24) is 10.3 Å². The first-order valence-electron chi connectivity index (χ1n) is 8.43. The molecule has 0 radical (unpaired) electrons. The van der Waals surface area contributed by atoms with E-state index in [1.165, 1.54) is 6.26 Å². The standard InChI is InChI=1S/C19H18FN3O3/c1-11-15(23-19(26-11)16-3-2-8-25-16)9-17(24)22-14-5-4-12-10-21-7-6-13(12)18(14)20/h2-5,8,21H,6-7,9-10H2,1H3,(H,22,24). The van der Waals surface area contributed by atoms with Gasteiger partial charge in [-0.25, -0.2) is 9.37 Å². The number of halogens is 1. The van der Waals surface area contributed by atoms with Gasteiger partial charge in [0.1, 0.15) is 11.6 Å². The van der Waals surface area contributed by atoms with E-state index in [9.17, 15) is 9.18 Å². The van der Waals surface area contributed by atoms with Gasteiger partial charge in [0.25, 0.3) is 5.89 Å². The largest absolute Gasteiger partial charge is 0.459 e. The highest BCUT2D eigenvalue weighted by Gasteiger charge is 2.20. The first-order chi connectivity index (χ1) is 12.6. The van der Waals surface area contributed by atoms with E-state index in [1.54, 1.807) is 25.1 Å². The Kier molecular flexibility index (Phi) is 4.30. The Labute approximate surface area is 149 Å². The second-order valence-corrected chi connectivity index (χ2v) is 6.22. The molecule has 0 unspecified atom stereocenters. The lowest BCUT2D eigenvalue weighted by molar-refractivity contribution is -0.115. The van der Waals surface area contributed by atoms with Crippen LogP contribution in [0.4, 0.5) is 10.1 Å². The minimum Gasteiger partial charge on any atom is -0.459 e. The summed E-state index contributed by atoms with van der Waals surface area (Å²) in [6, 6.07) is 6.90. The zero-order chi connectivity index (χ0) is 18.1. The molecule has 7 heteroatoms.